The Morgan fingerprint density at radius 1 is 0.789 bits per heavy atom. The number of hydrogen-bond donors (Lipinski definition) is 2. The maximum Gasteiger partial charge on any atom is 0.306 e. The molecule has 0 aromatic heterocycles. The van der Waals surface area contributed by atoms with Crippen LogP contribution < -0.4 is 4.89 Å². The van der Waals surface area contributed by atoms with Crippen LogP contribution in [0.25, 0.3) is 0 Å². The minimum absolute atomic E-state index is 0.0498. The van der Waals surface area contributed by atoms with Gasteiger partial charge in [-0.1, -0.05) is 142 Å². The van der Waals surface area contributed by atoms with Crippen LogP contribution in [-0.4, -0.2) is 98.2 Å². The van der Waals surface area contributed by atoms with Crippen LogP contribution >= 0.6 is 7.82 Å². The molecule has 0 spiro atoms. The van der Waals surface area contributed by atoms with Gasteiger partial charge < -0.3 is 38.1 Å². The molecule has 1 rings (SSSR count). The van der Waals surface area contributed by atoms with E-state index in [0.29, 0.717) is 36.7 Å². The highest BCUT2D eigenvalue weighted by atomic mass is 31.2. The van der Waals surface area contributed by atoms with E-state index in [1.165, 1.54) is 57.8 Å². The molecule has 6 atom stereocenters. The van der Waals surface area contributed by atoms with Crippen LogP contribution in [0.4, 0.5) is 0 Å². The second kappa shape index (κ2) is 32.2. The van der Waals surface area contributed by atoms with Gasteiger partial charge in [-0.05, 0) is 25.7 Å². The van der Waals surface area contributed by atoms with E-state index in [1.54, 1.807) is 6.08 Å². The number of ketones is 1. The molecule has 0 aromatic rings. The Labute approximate surface area is 346 Å². The average molecular weight is 832 g/mol. The number of carbonyl (C=O) groups is 3. The van der Waals surface area contributed by atoms with Gasteiger partial charge in [0, 0.05) is 31.1 Å². The van der Waals surface area contributed by atoms with Crippen LogP contribution in [0.2, 0.25) is 0 Å². The van der Waals surface area contributed by atoms with Gasteiger partial charge in [0.1, 0.15) is 25.5 Å². The third-order valence-electron chi connectivity index (χ3n) is 10.7. The van der Waals surface area contributed by atoms with Crippen molar-refractivity contribution in [1.82, 2.24) is 0 Å². The first-order valence-electron chi connectivity index (χ1n) is 22.5. The minimum atomic E-state index is -4.68. The van der Waals surface area contributed by atoms with E-state index in [0.717, 1.165) is 57.8 Å². The highest BCUT2D eigenvalue weighted by Crippen LogP contribution is 2.38. The SMILES string of the molecule is CCCCCCCCCCCCCCCC(=O)O[C@H](COC(=O)CCCCCC[C@H]1C(=O)C[C@@H](O)[C@@H]1/C=C/[C@@H](O)CCCCC)COP(=O)([O-])OCC[N+](C)(C)C. The van der Waals surface area contributed by atoms with Gasteiger partial charge in [-0.2, -0.15) is 0 Å². The smallest absolute Gasteiger partial charge is 0.306 e. The lowest BCUT2D eigenvalue weighted by atomic mass is 9.88. The van der Waals surface area contributed by atoms with Crippen molar-refractivity contribution in [1.29, 1.82) is 0 Å². The van der Waals surface area contributed by atoms with E-state index in [1.807, 2.05) is 27.2 Å². The fourth-order valence-corrected chi connectivity index (χ4v) is 7.81. The first kappa shape index (κ1) is 53.4. The molecule has 1 aliphatic carbocycles. The number of aliphatic hydroxyl groups is 2. The lowest BCUT2D eigenvalue weighted by Gasteiger charge is -2.28. The first-order chi connectivity index (χ1) is 27.2. The molecule has 1 saturated carbocycles. The summed E-state index contributed by atoms with van der Waals surface area (Å²) in [6.45, 7) is 3.86. The van der Waals surface area contributed by atoms with Gasteiger partial charge in [0.2, 0.25) is 0 Å². The number of unbranched alkanes of at least 4 members (excludes halogenated alkanes) is 17. The minimum Gasteiger partial charge on any atom is -0.756 e. The molecule has 0 bridgehead atoms. The third-order valence-corrected chi connectivity index (χ3v) is 11.6. The molecular weight excluding hydrogens is 749 g/mol. The Bertz CT molecular complexity index is 1140. The van der Waals surface area contributed by atoms with E-state index in [9.17, 15) is 34.1 Å². The number of esters is 2. The summed E-state index contributed by atoms with van der Waals surface area (Å²) in [6.07, 6.45) is 24.2. The summed E-state index contributed by atoms with van der Waals surface area (Å²) in [5.74, 6) is -1.51. The van der Waals surface area contributed by atoms with Gasteiger partial charge in [0.05, 0.1) is 40.0 Å². The Morgan fingerprint density at radius 2 is 1.32 bits per heavy atom. The molecule has 0 radical (unpaired) electrons. The van der Waals surface area contributed by atoms with E-state index in [-0.39, 0.29) is 50.1 Å². The lowest BCUT2D eigenvalue weighted by Crippen LogP contribution is -2.37. The van der Waals surface area contributed by atoms with E-state index >= 15 is 0 Å². The standard InChI is InChI=1S/C44H82NO11P/c1-6-8-10-11-12-13-14-15-16-17-18-19-25-29-44(50)56-38(36-55-57(51,52)54-33-32-45(3,4)5)35-53-43(49)28-24-21-20-23-27-39-40(42(48)34-41(39)47)31-30-37(46)26-22-9-7-2/h30-31,37-40,42,46,48H,6-29,32-36H2,1-5H3/b31-30+/t37-,38+,39+,40+,42+/m0/s1. The Hall–Kier alpha value is -1.66. The van der Waals surface area contributed by atoms with Crippen LogP contribution in [0.15, 0.2) is 12.2 Å². The van der Waals surface area contributed by atoms with Crippen molar-refractivity contribution in [2.24, 2.45) is 11.8 Å². The number of carbonyl (C=O) groups excluding carboxylic acids is 3. The molecular formula is C44H82NO11P. The van der Waals surface area contributed by atoms with Crippen LogP contribution in [-0.2, 0) is 37.5 Å². The highest BCUT2D eigenvalue weighted by Gasteiger charge is 2.39. The van der Waals surface area contributed by atoms with Crippen molar-refractivity contribution in [2.75, 3.05) is 47.5 Å². The number of hydrogen-bond acceptors (Lipinski definition) is 11. The van der Waals surface area contributed by atoms with Crippen LogP contribution in [0, 0.1) is 11.8 Å². The number of likely N-dealkylation sites (N-methyl/N-ethyl adjacent to an activating group) is 1. The zero-order valence-electron chi connectivity index (χ0n) is 36.5. The molecule has 0 aliphatic heterocycles. The Morgan fingerprint density at radius 3 is 1.89 bits per heavy atom. The molecule has 1 fully saturated rings. The molecule has 0 amide bonds. The summed E-state index contributed by atoms with van der Waals surface area (Å²) in [7, 11) is 1.04. The number of aliphatic hydroxyl groups excluding tert-OH is 2. The number of nitrogens with zero attached hydrogens (tertiary/aromatic N) is 1. The monoisotopic (exact) mass is 832 g/mol. The molecule has 57 heavy (non-hydrogen) atoms. The fraction of sp³-hybridized carbons (Fsp3) is 0.886. The number of phosphoric ester groups is 1. The summed E-state index contributed by atoms with van der Waals surface area (Å²) in [5.41, 5.74) is 0. The summed E-state index contributed by atoms with van der Waals surface area (Å²) in [4.78, 5) is 50.3. The van der Waals surface area contributed by atoms with Gasteiger partial charge in [0.25, 0.3) is 7.82 Å². The van der Waals surface area contributed by atoms with Gasteiger partial charge in [-0.25, -0.2) is 0 Å². The second-order valence-electron chi connectivity index (χ2n) is 17.2. The normalized spacial score (nSPS) is 19.5. The third kappa shape index (κ3) is 29.2. The average Bonchev–Trinajstić information content (AvgIpc) is 3.41. The van der Waals surface area contributed by atoms with Gasteiger partial charge in [0.15, 0.2) is 6.10 Å². The lowest BCUT2D eigenvalue weighted by molar-refractivity contribution is -0.870. The zero-order valence-corrected chi connectivity index (χ0v) is 37.4. The van der Waals surface area contributed by atoms with E-state index in [2.05, 4.69) is 13.8 Å². The number of ether oxygens (including phenoxy) is 2. The van der Waals surface area contributed by atoms with E-state index < -0.39 is 44.7 Å². The highest BCUT2D eigenvalue weighted by molar-refractivity contribution is 7.45. The molecule has 0 saturated heterocycles. The van der Waals surface area contributed by atoms with Gasteiger partial charge >= 0.3 is 11.9 Å². The predicted octanol–water partition coefficient (Wildman–Crippen LogP) is 8.53. The quantitative estimate of drug-likeness (QED) is 0.0202. The van der Waals surface area contributed by atoms with Crippen LogP contribution in [0.5, 0.6) is 0 Å². The molecule has 1 aliphatic rings. The second-order valence-corrected chi connectivity index (χ2v) is 18.6. The molecule has 1 unspecified atom stereocenters. The van der Waals surface area contributed by atoms with Crippen molar-refractivity contribution >= 4 is 25.5 Å². The fourth-order valence-electron chi connectivity index (χ4n) is 7.08. The molecule has 0 aromatic carbocycles. The maximum absolute atomic E-state index is 12.7. The topological polar surface area (TPSA) is 169 Å². The van der Waals surface area contributed by atoms with Crippen molar-refractivity contribution < 1.29 is 57.1 Å². The molecule has 0 heterocycles. The zero-order chi connectivity index (χ0) is 42.4. The summed E-state index contributed by atoms with van der Waals surface area (Å²) in [5, 5.41) is 20.7. The van der Waals surface area contributed by atoms with Crippen molar-refractivity contribution in [2.45, 2.75) is 193 Å². The maximum atomic E-state index is 12.7. The Balaban J connectivity index is 2.46. The predicted molar refractivity (Wildman–Crippen MR) is 223 cm³/mol. The van der Waals surface area contributed by atoms with Crippen LogP contribution in [0.1, 0.15) is 174 Å². The van der Waals surface area contributed by atoms with Crippen molar-refractivity contribution in [3.8, 4) is 0 Å². The number of quaternary nitrogens is 1. The van der Waals surface area contributed by atoms with Gasteiger partial charge in [-0.3, -0.25) is 18.9 Å². The molecule has 2 N–H and O–H groups in total. The summed E-state index contributed by atoms with van der Waals surface area (Å²) < 4.78 is 33.8. The van der Waals surface area contributed by atoms with Crippen LogP contribution in [0.3, 0.4) is 0 Å². The Kier molecular flexibility index (Phi) is 30.1. The van der Waals surface area contributed by atoms with Crippen molar-refractivity contribution in [3.63, 3.8) is 0 Å². The number of phosphoric acid groups is 1. The van der Waals surface area contributed by atoms with E-state index in [4.69, 9.17) is 18.5 Å². The molecule has 334 valence electrons. The largest absolute Gasteiger partial charge is 0.756 e. The number of Topliss-reactive ketones (excluding diaryl/α,β-unsaturated/α-hetero) is 1. The summed E-state index contributed by atoms with van der Waals surface area (Å²) >= 11 is 0. The van der Waals surface area contributed by atoms with Gasteiger partial charge in [-0.15, -0.1) is 0 Å². The van der Waals surface area contributed by atoms with Crippen molar-refractivity contribution in [3.05, 3.63) is 12.2 Å². The summed E-state index contributed by atoms with van der Waals surface area (Å²) in [6, 6.07) is 0. The molecule has 13 heteroatoms. The number of rotatable bonds is 37. The molecule has 12 nitrogen and oxygen atoms in total. The first-order valence-corrected chi connectivity index (χ1v) is 24.0.